The molecule has 0 saturated heterocycles. The monoisotopic (exact) mass is 360 g/mol. The molecule has 0 aliphatic rings. The number of benzene rings is 2. The topological polar surface area (TPSA) is 97.6 Å². The van der Waals surface area contributed by atoms with E-state index in [4.69, 9.17) is 0 Å². The Morgan fingerprint density at radius 3 is 1.85 bits per heavy atom. The molecule has 2 aromatic heterocycles. The molecule has 0 fully saturated rings. The molecule has 0 unspecified atom stereocenters. The third kappa shape index (κ3) is 4.71. The molecule has 6 heteroatoms. The van der Waals surface area contributed by atoms with Crippen LogP contribution in [0, 0.1) is 13.8 Å². The Bertz CT molecular complexity index is 939. The van der Waals surface area contributed by atoms with Crippen LogP contribution in [0.25, 0.3) is 21.8 Å². The van der Waals surface area contributed by atoms with Crippen LogP contribution in [0.4, 0.5) is 0 Å². The minimum atomic E-state index is -0.00352. The molecule has 0 spiro atoms. The van der Waals surface area contributed by atoms with E-state index >= 15 is 0 Å². The van der Waals surface area contributed by atoms with Crippen LogP contribution in [-0.2, 0) is 5.48 Å². The molecule has 2 aromatic carbocycles. The second kappa shape index (κ2) is 9.16. The van der Waals surface area contributed by atoms with Crippen molar-refractivity contribution in [3.8, 4) is 11.5 Å². The first-order valence-corrected chi connectivity index (χ1v) is 7.63. The zero-order chi connectivity index (χ0) is 17.1. The van der Waals surface area contributed by atoms with E-state index in [1.165, 1.54) is 6.07 Å². The van der Waals surface area contributed by atoms with Crippen molar-refractivity contribution in [3.05, 3.63) is 72.1 Å². The molecule has 0 amide bonds. The smallest absolute Gasteiger partial charge is 2.00 e. The molecular weight excluding hydrogens is 343 g/mol. The van der Waals surface area contributed by atoms with Crippen molar-refractivity contribution in [1.29, 1.82) is 0 Å². The normalized spacial score (nSPS) is 9.62. The van der Waals surface area contributed by atoms with Crippen LogP contribution in [0.3, 0.4) is 0 Å². The number of pyridine rings is 2. The number of aromatic nitrogens is 2. The molecule has 2 heterocycles. The number of fused-ring (bicyclic) bond motifs is 2. The summed E-state index contributed by atoms with van der Waals surface area (Å²) in [5, 5.41) is 22.6. The van der Waals surface area contributed by atoms with E-state index in [1.807, 2.05) is 56.3 Å². The van der Waals surface area contributed by atoms with Crippen LogP contribution in [0.15, 0.2) is 60.7 Å². The maximum Gasteiger partial charge on any atom is 3.00 e. The fourth-order valence-corrected chi connectivity index (χ4v) is 2.45. The van der Waals surface area contributed by atoms with Crippen molar-refractivity contribution in [1.82, 2.24) is 9.97 Å². The van der Waals surface area contributed by atoms with Gasteiger partial charge in [0, 0.05) is 16.8 Å². The molecule has 0 atom stereocenters. The first-order valence-electron chi connectivity index (χ1n) is 7.63. The van der Waals surface area contributed by atoms with E-state index in [-0.39, 0.29) is 34.3 Å². The van der Waals surface area contributed by atoms with Gasteiger partial charge in [-0.05, 0) is 37.4 Å². The summed E-state index contributed by atoms with van der Waals surface area (Å²) < 4.78 is 0. The number of phenols is 1. The Morgan fingerprint density at radius 2 is 1.23 bits per heavy atom. The van der Waals surface area contributed by atoms with Crippen molar-refractivity contribution < 1.29 is 15.7 Å². The maximum atomic E-state index is 11.3. The van der Waals surface area contributed by atoms with Crippen LogP contribution >= 0.6 is 0 Å². The van der Waals surface area contributed by atoms with Gasteiger partial charge in [0.05, 0.1) is 5.52 Å². The predicted octanol–water partition coefficient (Wildman–Crippen LogP) is 3.37. The van der Waals surface area contributed by atoms with Crippen molar-refractivity contribution in [2.45, 2.75) is 13.8 Å². The van der Waals surface area contributed by atoms with Gasteiger partial charge in [0.15, 0.2) is 0 Å². The Hall–Kier alpha value is -2.65. The number of hydrogen-bond donors (Lipinski definition) is 1. The van der Waals surface area contributed by atoms with Crippen LogP contribution in [0.5, 0.6) is 11.5 Å². The Balaban J connectivity index is 0.000000241. The third-order valence-corrected chi connectivity index (χ3v) is 3.66. The summed E-state index contributed by atoms with van der Waals surface area (Å²) in [6.45, 7) is 3.79. The molecule has 0 aliphatic heterocycles. The van der Waals surface area contributed by atoms with Gasteiger partial charge < -0.3 is 15.7 Å². The molecule has 26 heavy (non-hydrogen) atoms. The molecule has 5 nitrogen and oxygen atoms in total. The summed E-state index contributed by atoms with van der Waals surface area (Å²) in [5.41, 5.74) is 3.05. The first-order chi connectivity index (χ1) is 11.5. The summed E-state index contributed by atoms with van der Waals surface area (Å²) in [6, 6.07) is 18.3. The number of phenolic OH excluding ortho intramolecular Hbond substituents is 1. The van der Waals surface area contributed by atoms with Crippen molar-refractivity contribution in [3.63, 3.8) is 0 Å². The van der Waals surface area contributed by atoms with Gasteiger partial charge in [-0.3, -0.25) is 4.98 Å². The summed E-state index contributed by atoms with van der Waals surface area (Å²) in [4.78, 5) is 8.39. The van der Waals surface area contributed by atoms with E-state index in [0.29, 0.717) is 11.0 Å². The molecular formula is C20H17AlN2O3. The van der Waals surface area contributed by atoms with Gasteiger partial charge >= 0.3 is 17.4 Å². The average molecular weight is 360 g/mol. The van der Waals surface area contributed by atoms with E-state index in [1.54, 1.807) is 12.1 Å². The third-order valence-electron chi connectivity index (χ3n) is 3.66. The fraction of sp³-hybridized carbons (Fsp3) is 0.100. The van der Waals surface area contributed by atoms with Crippen molar-refractivity contribution in [2.24, 2.45) is 0 Å². The van der Waals surface area contributed by atoms with Gasteiger partial charge in [-0.2, -0.15) is 0 Å². The number of aryl methyl sites for hydroxylation is 2. The summed E-state index contributed by atoms with van der Waals surface area (Å²) in [5.74, 6) is 0.243. The number of rotatable bonds is 0. The standard InChI is InChI=1S/2C10H9NO.Al.O/c2*1-7-5-6-8-3-2-4-9(12)10(8)11-7;;/h2*2-6,12H,1H3;;/q;;+3;-2/p-1. The van der Waals surface area contributed by atoms with Gasteiger partial charge in [-0.25, -0.2) is 4.98 Å². The number of aromatic hydroxyl groups is 1. The van der Waals surface area contributed by atoms with Gasteiger partial charge in [0.2, 0.25) is 0 Å². The quantitative estimate of drug-likeness (QED) is 0.486. The van der Waals surface area contributed by atoms with Crippen LogP contribution in [0.1, 0.15) is 11.4 Å². The van der Waals surface area contributed by atoms with E-state index < -0.39 is 0 Å². The molecule has 128 valence electrons. The number of nitrogens with zero attached hydrogens (tertiary/aromatic N) is 2. The van der Waals surface area contributed by atoms with Gasteiger partial charge in [-0.1, -0.05) is 48.2 Å². The Labute approximate surface area is 162 Å². The molecule has 4 rings (SSSR count). The van der Waals surface area contributed by atoms with Crippen molar-refractivity contribution in [2.75, 3.05) is 0 Å². The van der Waals surface area contributed by atoms with Crippen LogP contribution in [-0.4, -0.2) is 32.4 Å². The van der Waals surface area contributed by atoms with E-state index in [9.17, 15) is 10.2 Å². The van der Waals surface area contributed by atoms with Crippen molar-refractivity contribution >= 4 is 39.2 Å². The largest absolute Gasteiger partial charge is 3.00 e. The predicted molar refractivity (Wildman–Crippen MR) is 101 cm³/mol. The second-order valence-electron chi connectivity index (χ2n) is 5.58. The SMILES string of the molecule is Cc1ccc2cccc(O)c2n1.Cc1ccc2cccc([O-])c2n1.[Al+3].[O-2]. The summed E-state index contributed by atoms with van der Waals surface area (Å²) in [6.07, 6.45) is 0. The van der Waals surface area contributed by atoms with Crippen LogP contribution in [0.2, 0.25) is 0 Å². The maximum absolute atomic E-state index is 11.3. The molecule has 0 aliphatic carbocycles. The fourth-order valence-electron chi connectivity index (χ4n) is 2.45. The first kappa shape index (κ1) is 21.4. The van der Waals surface area contributed by atoms with E-state index in [2.05, 4.69) is 9.97 Å². The van der Waals surface area contributed by atoms with Crippen LogP contribution < -0.4 is 5.11 Å². The zero-order valence-electron chi connectivity index (χ0n) is 14.5. The second-order valence-corrected chi connectivity index (χ2v) is 5.58. The number of hydrogen-bond acceptors (Lipinski definition) is 4. The molecule has 0 bridgehead atoms. The molecule has 0 saturated carbocycles. The Morgan fingerprint density at radius 1 is 0.731 bits per heavy atom. The minimum absolute atomic E-state index is 0. The Kier molecular flexibility index (Phi) is 7.54. The molecule has 0 radical (unpaired) electrons. The zero-order valence-corrected chi connectivity index (χ0v) is 15.7. The summed E-state index contributed by atoms with van der Waals surface area (Å²) >= 11 is 0. The minimum Gasteiger partial charge on any atom is -2.00 e. The average Bonchev–Trinajstić information content (AvgIpc) is 2.57. The molecule has 4 aromatic rings. The number of para-hydroxylation sites is 2. The van der Waals surface area contributed by atoms with Gasteiger partial charge in [-0.15, -0.1) is 0 Å². The van der Waals surface area contributed by atoms with E-state index in [0.717, 1.165) is 22.2 Å². The van der Waals surface area contributed by atoms with Gasteiger partial charge in [0.1, 0.15) is 11.3 Å². The molecule has 1 N–H and O–H groups in total. The van der Waals surface area contributed by atoms with Gasteiger partial charge in [0.25, 0.3) is 0 Å². The summed E-state index contributed by atoms with van der Waals surface area (Å²) in [7, 11) is 0.